The van der Waals surface area contributed by atoms with Crippen molar-refractivity contribution in [3.63, 3.8) is 0 Å². The molecule has 11 nitrogen and oxygen atoms in total. The Hall–Kier alpha value is -4.19. The predicted octanol–water partition coefficient (Wildman–Crippen LogP) is 6.08. The van der Waals surface area contributed by atoms with Gasteiger partial charge in [-0.1, -0.05) is 43.3 Å². The molecule has 0 unspecified atom stereocenters. The summed E-state index contributed by atoms with van der Waals surface area (Å²) in [6.07, 6.45) is 3.18. The van der Waals surface area contributed by atoms with Gasteiger partial charge in [-0.15, -0.1) is 0 Å². The number of nitrogens with one attached hydrogen (secondary N) is 2. The summed E-state index contributed by atoms with van der Waals surface area (Å²) in [5.74, 6) is -0.0204. The molecular weight excluding hydrogens is 634 g/mol. The van der Waals surface area contributed by atoms with Crippen LogP contribution in [0.5, 0.6) is 5.75 Å². The molecule has 3 N–H and O–H groups in total. The minimum atomic E-state index is -0.513. The number of fused-ring (bicyclic) bond motifs is 2. The summed E-state index contributed by atoms with van der Waals surface area (Å²) in [5, 5.41) is 18.0. The molecular formula is C39H55N5O6. The Morgan fingerprint density at radius 1 is 1.02 bits per heavy atom. The molecule has 0 aromatic heterocycles. The number of likely N-dealkylation sites (N-methyl/N-ethyl adjacent to an activating group) is 1. The van der Waals surface area contributed by atoms with E-state index < -0.39 is 12.1 Å². The molecule has 3 aromatic carbocycles. The van der Waals surface area contributed by atoms with Crippen molar-refractivity contribution in [3.8, 4) is 5.75 Å². The number of nitrogens with zero attached hydrogens (tertiary/aromatic N) is 3. The smallest absolute Gasteiger partial charge is 0.323 e. The van der Waals surface area contributed by atoms with Gasteiger partial charge in [-0.2, -0.15) is 0 Å². The molecule has 50 heavy (non-hydrogen) atoms. The summed E-state index contributed by atoms with van der Waals surface area (Å²) >= 11 is 0. The first-order valence-electron chi connectivity index (χ1n) is 17.7. The molecule has 272 valence electrons. The molecule has 0 saturated heterocycles. The van der Waals surface area contributed by atoms with Crippen molar-refractivity contribution in [3.05, 3.63) is 66.2 Å². The zero-order valence-corrected chi connectivity index (χ0v) is 30.5. The average Bonchev–Trinajstić information content (AvgIpc) is 3.09. The van der Waals surface area contributed by atoms with E-state index in [0.717, 1.165) is 43.0 Å². The van der Waals surface area contributed by atoms with Crippen LogP contribution in [0.4, 0.5) is 16.2 Å². The van der Waals surface area contributed by atoms with Crippen LogP contribution in [-0.4, -0.2) is 110 Å². The average molecular weight is 690 g/mol. The zero-order valence-electron chi connectivity index (χ0n) is 30.5. The lowest BCUT2D eigenvalue weighted by atomic mass is 10.0. The molecule has 3 aromatic rings. The highest BCUT2D eigenvalue weighted by atomic mass is 16.5. The van der Waals surface area contributed by atoms with Gasteiger partial charge in [-0.3, -0.25) is 9.59 Å². The molecule has 1 aliphatic rings. The van der Waals surface area contributed by atoms with E-state index in [1.165, 1.54) is 0 Å². The van der Waals surface area contributed by atoms with Crippen molar-refractivity contribution in [2.45, 2.75) is 71.1 Å². The number of urea groups is 1. The number of hydrogen-bond donors (Lipinski definition) is 3. The van der Waals surface area contributed by atoms with E-state index in [4.69, 9.17) is 9.47 Å². The largest absolute Gasteiger partial charge is 0.490 e. The van der Waals surface area contributed by atoms with Crippen molar-refractivity contribution in [1.82, 2.24) is 14.7 Å². The second kappa shape index (κ2) is 18.7. The van der Waals surface area contributed by atoms with Crippen LogP contribution in [0.3, 0.4) is 0 Å². The quantitative estimate of drug-likeness (QED) is 0.236. The maximum Gasteiger partial charge on any atom is 0.323 e. The van der Waals surface area contributed by atoms with Crippen molar-refractivity contribution in [2.75, 3.05) is 64.6 Å². The van der Waals surface area contributed by atoms with Crippen LogP contribution in [0.25, 0.3) is 10.8 Å². The highest BCUT2D eigenvalue weighted by Gasteiger charge is 2.31. The van der Waals surface area contributed by atoms with Crippen LogP contribution in [0.15, 0.2) is 60.7 Å². The van der Waals surface area contributed by atoms with Crippen LogP contribution in [0.1, 0.15) is 63.2 Å². The van der Waals surface area contributed by atoms with Gasteiger partial charge in [0.1, 0.15) is 5.75 Å². The Morgan fingerprint density at radius 3 is 2.54 bits per heavy atom. The van der Waals surface area contributed by atoms with E-state index >= 15 is 0 Å². The molecule has 4 atom stereocenters. The fraction of sp³-hybridized carbons (Fsp3) is 0.513. The van der Waals surface area contributed by atoms with Crippen LogP contribution in [0, 0.1) is 5.92 Å². The molecule has 11 heteroatoms. The summed E-state index contributed by atoms with van der Waals surface area (Å²) in [6.45, 7) is 7.58. The van der Waals surface area contributed by atoms with Crippen molar-refractivity contribution < 1.29 is 29.0 Å². The van der Waals surface area contributed by atoms with Gasteiger partial charge < -0.3 is 39.9 Å². The topological polar surface area (TPSA) is 124 Å². The first kappa shape index (κ1) is 38.6. The third-order valence-electron chi connectivity index (χ3n) is 9.22. The van der Waals surface area contributed by atoms with Gasteiger partial charge >= 0.3 is 6.03 Å². The summed E-state index contributed by atoms with van der Waals surface area (Å²) in [6, 6.07) is 17.6. The number of anilines is 2. The molecule has 0 fully saturated rings. The first-order valence-corrected chi connectivity index (χ1v) is 17.7. The van der Waals surface area contributed by atoms with E-state index in [0.29, 0.717) is 36.7 Å². The Kier molecular flexibility index (Phi) is 14.4. The highest BCUT2D eigenvalue weighted by Crippen LogP contribution is 2.29. The maximum atomic E-state index is 14.4. The zero-order chi connectivity index (χ0) is 36.2. The van der Waals surface area contributed by atoms with Crippen molar-refractivity contribution in [2.24, 2.45) is 5.92 Å². The second-order valence-corrected chi connectivity index (χ2v) is 13.8. The van der Waals surface area contributed by atoms with Crippen LogP contribution in [-0.2, 0) is 9.53 Å². The van der Waals surface area contributed by atoms with Gasteiger partial charge in [-0.25, -0.2) is 4.79 Å². The molecule has 0 spiro atoms. The number of amides is 4. The van der Waals surface area contributed by atoms with Crippen LogP contribution < -0.4 is 15.4 Å². The number of aliphatic hydroxyl groups excluding tert-OH is 1. The number of aliphatic hydroxyl groups is 1. The number of benzene rings is 3. The lowest BCUT2D eigenvalue weighted by Gasteiger charge is -2.36. The maximum absolute atomic E-state index is 14.4. The molecule has 0 bridgehead atoms. The second-order valence-electron chi connectivity index (χ2n) is 13.8. The van der Waals surface area contributed by atoms with E-state index in [9.17, 15) is 19.5 Å². The fourth-order valence-corrected chi connectivity index (χ4v) is 6.19. The Bertz CT molecular complexity index is 1580. The number of carbonyl (C=O) groups is 3. The van der Waals surface area contributed by atoms with Crippen LogP contribution >= 0.6 is 0 Å². The summed E-state index contributed by atoms with van der Waals surface area (Å²) in [7, 11) is 5.79. The third-order valence-corrected chi connectivity index (χ3v) is 9.22. The standard InChI is InChI=1S/C39H55N5O6/c1-27-24-44(28(2)26-45)38(47)33-23-31(40-39(48)41-34-17-11-15-30-14-7-8-16-32(30)34)19-20-35(33)50-29(3)13-9-10-22-49-36(27)25-43(6)37(46)18-12-21-42(4)5/h7-8,11,14-17,19-20,23,27-29,36,45H,9-10,12-13,18,21-22,24-26H2,1-6H3,(H2,40,41,48)/t27-,28-,29-,36+/m1/s1. The van der Waals surface area contributed by atoms with Gasteiger partial charge in [0.2, 0.25) is 5.91 Å². The summed E-state index contributed by atoms with van der Waals surface area (Å²) in [5.41, 5.74) is 1.38. The van der Waals surface area contributed by atoms with E-state index in [-0.39, 0.29) is 48.7 Å². The number of ether oxygens (including phenoxy) is 2. The molecule has 4 amide bonds. The fourth-order valence-electron chi connectivity index (χ4n) is 6.19. The molecule has 1 aliphatic heterocycles. The minimum Gasteiger partial charge on any atom is -0.490 e. The summed E-state index contributed by atoms with van der Waals surface area (Å²) in [4.78, 5) is 46.1. The number of hydrogen-bond acceptors (Lipinski definition) is 7. The molecule has 4 rings (SSSR count). The SMILES string of the molecule is C[C@@H]1CCCCO[C@@H](CN(C)C(=O)CCCN(C)C)[C@H](C)CN([C@H](C)CO)C(=O)c2cc(NC(=O)Nc3cccc4ccccc34)ccc2O1. The van der Waals surface area contributed by atoms with Gasteiger partial charge in [0.05, 0.1) is 36.1 Å². The Labute approximate surface area is 296 Å². The third kappa shape index (κ3) is 10.9. The number of rotatable bonds is 10. The molecule has 0 aliphatic carbocycles. The highest BCUT2D eigenvalue weighted by molar-refractivity contribution is 6.07. The van der Waals surface area contributed by atoms with E-state index in [2.05, 4.69) is 15.5 Å². The van der Waals surface area contributed by atoms with E-state index in [1.54, 1.807) is 42.0 Å². The normalized spacial score (nSPS) is 19.6. The molecule has 0 saturated carbocycles. The lowest BCUT2D eigenvalue weighted by Crippen LogP contribution is -2.48. The van der Waals surface area contributed by atoms with Crippen molar-refractivity contribution in [1.29, 1.82) is 0 Å². The van der Waals surface area contributed by atoms with E-state index in [1.807, 2.05) is 70.4 Å². The Balaban J connectivity index is 1.58. The monoisotopic (exact) mass is 689 g/mol. The van der Waals surface area contributed by atoms with Crippen molar-refractivity contribution >= 4 is 40.0 Å². The van der Waals surface area contributed by atoms with Gasteiger partial charge in [0.25, 0.3) is 5.91 Å². The van der Waals surface area contributed by atoms with Crippen LogP contribution in [0.2, 0.25) is 0 Å². The van der Waals surface area contributed by atoms with Gasteiger partial charge in [0.15, 0.2) is 0 Å². The number of carbonyl (C=O) groups excluding carboxylic acids is 3. The Morgan fingerprint density at radius 2 is 1.78 bits per heavy atom. The van der Waals surface area contributed by atoms with Gasteiger partial charge in [-0.05, 0) is 89.8 Å². The molecule has 1 heterocycles. The molecule has 0 radical (unpaired) electrons. The summed E-state index contributed by atoms with van der Waals surface area (Å²) < 4.78 is 12.7. The van der Waals surface area contributed by atoms with Gasteiger partial charge in [0, 0.05) is 50.2 Å². The lowest BCUT2D eigenvalue weighted by molar-refractivity contribution is -0.132. The predicted molar refractivity (Wildman–Crippen MR) is 199 cm³/mol. The minimum absolute atomic E-state index is 0.0585. The first-order chi connectivity index (χ1) is 24.0.